The van der Waals surface area contributed by atoms with Crippen molar-refractivity contribution in [2.75, 3.05) is 13.2 Å². The van der Waals surface area contributed by atoms with Gasteiger partial charge in [0.2, 0.25) is 0 Å². The second-order valence-electron chi connectivity index (χ2n) is 3.79. The van der Waals surface area contributed by atoms with Crippen LogP contribution in [0, 0.1) is 5.41 Å². The van der Waals surface area contributed by atoms with Gasteiger partial charge in [0.05, 0.1) is 13.2 Å². The molecule has 0 amide bonds. The third-order valence-corrected chi connectivity index (χ3v) is 2.78. The molecule has 0 radical (unpaired) electrons. The van der Waals surface area contributed by atoms with Gasteiger partial charge in [0.1, 0.15) is 0 Å². The zero-order chi connectivity index (χ0) is 11.3. The van der Waals surface area contributed by atoms with E-state index in [0.717, 1.165) is 12.8 Å². The van der Waals surface area contributed by atoms with E-state index in [1.165, 1.54) is 0 Å². The lowest BCUT2D eigenvalue weighted by Crippen LogP contribution is -2.37. The molecule has 1 saturated heterocycles. The Balaban J connectivity index is 2.76. The van der Waals surface area contributed by atoms with Crippen molar-refractivity contribution in [2.45, 2.75) is 39.5 Å². The van der Waals surface area contributed by atoms with E-state index in [2.05, 4.69) is 0 Å². The fourth-order valence-corrected chi connectivity index (χ4v) is 1.82. The molecule has 0 spiro atoms. The maximum Gasteiger partial charge on any atom is 0.323 e. The van der Waals surface area contributed by atoms with Crippen molar-refractivity contribution in [3.63, 3.8) is 0 Å². The van der Waals surface area contributed by atoms with Crippen molar-refractivity contribution in [2.24, 2.45) is 5.41 Å². The van der Waals surface area contributed by atoms with Crippen LogP contribution in [-0.2, 0) is 19.1 Å². The Hall–Kier alpha value is -1.06. The minimum atomic E-state index is -1.01. The van der Waals surface area contributed by atoms with Gasteiger partial charge in [0.25, 0.3) is 0 Å². The maximum atomic E-state index is 11.8. The summed E-state index contributed by atoms with van der Waals surface area (Å²) in [5, 5.41) is 0. The van der Waals surface area contributed by atoms with Gasteiger partial charge < -0.3 is 9.47 Å². The van der Waals surface area contributed by atoms with E-state index < -0.39 is 17.4 Å². The molecule has 0 aromatic rings. The van der Waals surface area contributed by atoms with Gasteiger partial charge in [-0.3, -0.25) is 9.59 Å². The lowest BCUT2D eigenvalue weighted by atomic mass is 9.81. The van der Waals surface area contributed by atoms with Gasteiger partial charge in [-0.25, -0.2) is 0 Å². The molecular formula is C11H18O4. The monoisotopic (exact) mass is 214 g/mol. The van der Waals surface area contributed by atoms with Crippen LogP contribution in [-0.4, -0.2) is 25.2 Å². The number of carbonyl (C=O) groups excluding carboxylic acids is 2. The van der Waals surface area contributed by atoms with E-state index in [1.807, 2.05) is 6.92 Å². The molecule has 1 aliphatic rings. The van der Waals surface area contributed by atoms with Crippen LogP contribution < -0.4 is 0 Å². The molecule has 1 fully saturated rings. The Morgan fingerprint density at radius 2 is 2.27 bits per heavy atom. The summed E-state index contributed by atoms with van der Waals surface area (Å²) in [4.78, 5) is 23.4. The molecule has 4 heteroatoms. The molecule has 0 aromatic carbocycles. The molecule has 1 rings (SSSR count). The maximum absolute atomic E-state index is 11.8. The summed E-state index contributed by atoms with van der Waals surface area (Å²) in [7, 11) is 0. The molecule has 0 N–H and O–H groups in total. The fourth-order valence-electron chi connectivity index (χ4n) is 1.82. The fraction of sp³-hybridized carbons (Fsp3) is 0.818. The Morgan fingerprint density at radius 1 is 1.53 bits per heavy atom. The molecule has 1 heterocycles. The topological polar surface area (TPSA) is 52.6 Å². The summed E-state index contributed by atoms with van der Waals surface area (Å²) < 4.78 is 9.85. The van der Waals surface area contributed by atoms with Crippen LogP contribution in [0.2, 0.25) is 0 Å². The molecule has 0 aromatic heterocycles. The highest BCUT2D eigenvalue weighted by Crippen LogP contribution is 2.36. The number of unbranched alkanes of at least 4 members (excludes halogenated alkanes) is 1. The average molecular weight is 214 g/mol. The van der Waals surface area contributed by atoms with E-state index >= 15 is 0 Å². The summed E-state index contributed by atoms with van der Waals surface area (Å²) in [6, 6.07) is 0. The van der Waals surface area contributed by atoms with E-state index in [-0.39, 0.29) is 0 Å². The molecular weight excluding hydrogens is 196 g/mol. The Kier molecular flexibility index (Phi) is 4.12. The van der Waals surface area contributed by atoms with Crippen LogP contribution in [0.25, 0.3) is 0 Å². The second kappa shape index (κ2) is 5.14. The largest absolute Gasteiger partial charge is 0.465 e. The van der Waals surface area contributed by atoms with Crippen molar-refractivity contribution < 1.29 is 19.1 Å². The zero-order valence-electron chi connectivity index (χ0n) is 9.38. The second-order valence-corrected chi connectivity index (χ2v) is 3.79. The normalized spacial score (nSPS) is 25.1. The van der Waals surface area contributed by atoms with Gasteiger partial charge in [-0.15, -0.1) is 0 Å². The van der Waals surface area contributed by atoms with Crippen LogP contribution in [0.4, 0.5) is 0 Å². The summed E-state index contributed by atoms with van der Waals surface area (Å²) in [5.41, 5.74) is -1.01. The lowest BCUT2D eigenvalue weighted by Gasteiger charge is -2.21. The van der Waals surface area contributed by atoms with Gasteiger partial charge in [-0.2, -0.15) is 0 Å². The summed E-state index contributed by atoms with van der Waals surface area (Å²) in [6.45, 7) is 4.41. The van der Waals surface area contributed by atoms with Crippen LogP contribution in [0.3, 0.4) is 0 Å². The molecule has 4 nitrogen and oxygen atoms in total. The van der Waals surface area contributed by atoms with Gasteiger partial charge in [0.15, 0.2) is 5.41 Å². The van der Waals surface area contributed by atoms with Crippen molar-refractivity contribution in [1.82, 2.24) is 0 Å². The molecule has 15 heavy (non-hydrogen) atoms. The Morgan fingerprint density at radius 3 is 2.73 bits per heavy atom. The van der Waals surface area contributed by atoms with Gasteiger partial charge in [-0.1, -0.05) is 19.8 Å². The lowest BCUT2D eigenvalue weighted by molar-refractivity contribution is -0.165. The summed E-state index contributed by atoms with van der Waals surface area (Å²) >= 11 is 0. The van der Waals surface area contributed by atoms with Gasteiger partial charge in [0, 0.05) is 6.42 Å². The highest BCUT2D eigenvalue weighted by atomic mass is 16.6. The molecule has 0 aliphatic carbocycles. The third kappa shape index (κ3) is 2.30. The molecule has 0 unspecified atom stereocenters. The van der Waals surface area contributed by atoms with Gasteiger partial charge >= 0.3 is 11.9 Å². The quantitative estimate of drug-likeness (QED) is 0.516. The number of esters is 2. The van der Waals surface area contributed by atoms with Crippen LogP contribution in [0.5, 0.6) is 0 Å². The first-order valence-electron chi connectivity index (χ1n) is 5.52. The highest BCUT2D eigenvalue weighted by molar-refractivity contribution is 6.01. The van der Waals surface area contributed by atoms with E-state index in [1.54, 1.807) is 6.92 Å². The summed E-state index contributed by atoms with van der Waals surface area (Å²) in [6.07, 6.45) is 2.80. The molecule has 1 aliphatic heterocycles. The standard InChI is InChI=1S/C11H18O4/c1-3-5-6-11(9(12)14-4-2)7-8-15-10(11)13/h3-8H2,1-2H3/t11-/m0/s1. The molecule has 1 atom stereocenters. The highest BCUT2D eigenvalue weighted by Gasteiger charge is 2.51. The van der Waals surface area contributed by atoms with Crippen LogP contribution in [0.15, 0.2) is 0 Å². The number of carbonyl (C=O) groups is 2. The van der Waals surface area contributed by atoms with Gasteiger partial charge in [-0.05, 0) is 13.3 Å². The number of cyclic esters (lactones) is 1. The predicted molar refractivity (Wildman–Crippen MR) is 54.2 cm³/mol. The average Bonchev–Trinajstić information content (AvgIpc) is 2.58. The smallest absolute Gasteiger partial charge is 0.323 e. The number of hydrogen-bond acceptors (Lipinski definition) is 4. The summed E-state index contributed by atoms with van der Waals surface area (Å²) in [5.74, 6) is -0.824. The Labute approximate surface area is 89.9 Å². The SMILES string of the molecule is CCCC[C@@]1(C(=O)OCC)CCOC1=O. The molecule has 0 bridgehead atoms. The van der Waals surface area contributed by atoms with E-state index in [0.29, 0.717) is 26.1 Å². The number of rotatable bonds is 5. The third-order valence-electron chi connectivity index (χ3n) is 2.78. The van der Waals surface area contributed by atoms with Crippen molar-refractivity contribution in [1.29, 1.82) is 0 Å². The van der Waals surface area contributed by atoms with Crippen molar-refractivity contribution >= 4 is 11.9 Å². The first-order valence-corrected chi connectivity index (χ1v) is 5.52. The first kappa shape index (κ1) is 12.0. The minimum Gasteiger partial charge on any atom is -0.465 e. The van der Waals surface area contributed by atoms with E-state index in [9.17, 15) is 9.59 Å². The Bertz CT molecular complexity index is 249. The predicted octanol–water partition coefficient (Wildman–Crippen LogP) is 1.67. The van der Waals surface area contributed by atoms with E-state index in [4.69, 9.17) is 9.47 Å². The van der Waals surface area contributed by atoms with Crippen LogP contribution >= 0.6 is 0 Å². The van der Waals surface area contributed by atoms with Crippen molar-refractivity contribution in [3.8, 4) is 0 Å². The molecule has 86 valence electrons. The first-order chi connectivity index (χ1) is 7.17. The number of hydrogen-bond donors (Lipinski definition) is 0. The van der Waals surface area contributed by atoms with Crippen molar-refractivity contribution in [3.05, 3.63) is 0 Å². The minimum absolute atomic E-state index is 0.306. The zero-order valence-corrected chi connectivity index (χ0v) is 9.38. The molecule has 0 saturated carbocycles. The number of ether oxygens (including phenoxy) is 2. The van der Waals surface area contributed by atoms with Crippen LogP contribution in [0.1, 0.15) is 39.5 Å².